The minimum absolute atomic E-state index is 0.0611. The van der Waals surface area contributed by atoms with Gasteiger partial charge in [-0.2, -0.15) is 14.0 Å². The first-order valence-corrected chi connectivity index (χ1v) is 10.0. The fourth-order valence-electron chi connectivity index (χ4n) is 2.97. The highest BCUT2D eigenvalue weighted by molar-refractivity contribution is 7.99. The number of rotatable bonds is 7. The molecule has 0 radical (unpaired) electrons. The zero-order valence-corrected chi connectivity index (χ0v) is 16.9. The predicted molar refractivity (Wildman–Crippen MR) is 110 cm³/mol. The molecule has 29 heavy (non-hydrogen) atoms. The van der Waals surface area contributed by atoms with Gasteiger partial charge in [-0.15, -0.1) is 0 Å². The second-order valence-electron chi connectivity index (χ2n) is 6.54. The topological polar surface area (TPSA) is 61.9 Å². The molecule has 0 N–H and O–H groups in total. The molecule has 3 rings (SSSR count). The zero-order valence-electron chi connectivity index (χ0n) is 16.1. The van der Waals surface area contributed by atoms with E-state index in [2.05, 4.69) is 4.98 Å². The molecule has 1 heterocycles. The molecule has 1 aromatic heterocycles. The lowest BCUT2D eigenvalue weighted by molar-refractivity contribution is -0.116. The van der Waals surface area contributed by atoms with Crippen LogP contribution in [0.5, 0.6) is 0 Å². The first-order valence-electron chi connectivity index (χ1n) is 9.05. The van der Waals surface area contributed by atoms with Crippen molar-refractivity contribution in [1.29, 1.82) is 5.26 Å². The Labute approximate surface area is 171 Å². The highest BCUT2D eigenvalue weighted by Gasteiger charge is 2.21. The van der Waals surface area contributed by atoms with E-state index in [1.165, 1.54) is 4.90 Å². The van der Waals surface area contributed by atoms with Crippen LogP contribution in [0.15, 0.2) is 47.6 Å². The maximum atomic E-state index is 13.6. The zero-order chi connectivity index (χ0) is 21.0. The Kier molecular flexibility index (Phi) is 6.49. The fraction of sp³-hybridized carbons (Fsp3) is 0.286. The van der Waals surface area contributed by atoms with Crippen LogP contribution in [0.3, 0.4) is 0 Å². The van der Waals surface area contributed by atoms with Crippen LogP contribution in [-0.2, 0) is 4.79 Å². The monoisotopic (exact) mass is 414 g/mol. The molecule has 0 bridgehead atoms. The van der Waals surface area contributed by atoms with Crippen molar-refractivity contribution < 1.29 is 13.6 Å². The quantitative estimate of drug-likeness (QED) is 0.506. The van der Waals surface area contributed by atoms with Gasteiger partial charge >= 0.3 is 6.55 Å². The van der Waals surface area contributed by atoms with E-state index >= 15 is 0 Å². The number of fused-ring (bicyclic) bond motifs is 1. The molecule has 0 saturated heterocycles. The molecule has 3 aromatic rings. The molecule has 0 atom stereocenters. The Morgan fingerprint density at radius 3 is 2.69 bits per heavy atom. The van der Waals surface area contributed by atoms with E-state index < -0.39 is 6.55 Å². The van der Waals surface area contributed by atoms with Crippen LogP contribution in [0.1, 0.15) is 24.1 Å². The molecule has 0 fully saturated rings. The summed E-state index contributed by atoms with van der Waals surface area (Å²) in [6.45, 7) is 1.41. The molecule has 2 aromatic carbocycles. The smallest absolute Gasteiger partial charge is 0.311 e. The number of hydrogen-bond acceptors (Lipinski definition) is 4. The maximum absolute atomic E-state index is 13.6. The molecule has 0 spiro atoms. The van der Waals surface area contributed by atoms with E-state index in [1.807, 2.05) is 38.1 Å². The number of nitriles is 1. The number of aromatic nitrogens is 2. The fourth-order valence-corrected chi connectivity index (χ4v) is 3.86. The predicted octanol–water partition coefficient (Wildman–Crippen LogP) is 5.09. The summed E-state index contributed by atoms with van der Waals surface area (Å²) >= 11 is 0.971. The van der Waals surface area contributed by atoms with Crippen molar-refractivity contribution in [2.24, 2.45) is 0 Å². The van der Waals surface area contributed by atoms with E-state index in [-0.39, 0.29) is 29.8 Å². The van der Waals surface area contributed by atoms with Gasteiger partial charge in [0.25, 0.3) is 0 Å². The van der Waals surface area contributed by atoms with Crippen molar-refractivity contribution in [2.75, 3.05) is 17.2 Å². The molecule has 0 aliphatic rings. The highest BCUT2D eigenvalue weighted by Crippen LogP contribution is 2.30. The average Bonchev–Trinajstić information content (AvgIpc) is 3.08. The number of para-hydroxylation sites is 2. The third-order valence-electron chi connectivity index (χ3n) is 4.63. The van der Waals surface area contributed by atoms with Crippen molar-refractivity contribution in [3.63, 3.8) is 0 Å². The van der Waals surface area contributed by atoms with E-state index in [0.717, 1.165) is 27.5 Å². The van der Waals surface area contributed by atoms with Crippen LogP contribution in [0.25, 0.3) is 11.0 Å². The minimum atomic E-state index is -2.76. The largest absolute Gasteiger partial charge is 0.321 e. The lowest BCUT2D eigenvalue weighted by atomic mass is 10.1. The summed E-state index contributed by atoms with van der Waals surface area (Å²) in [4.78, 5) is 18.7. The van der Waals surface area contributed by atoms with Gasteiger partial charge < -0.3 is 4.90 Å². The summed E-state index contributed by atoms with van der Waals surface area (Å²) in [6.07, 6.45) is 0.179. The molecule has 0 saturated carbocycles. The van der Waals surface area contributed by atoms with E-state index in [4.69, 9.17) is 5.26 Å². The molecule has 150 valence electrons. The number of halogens is 2. The Balaban J connectivity index is 1.83. The number of anilines is 1. The minimum Gasteiger partial charge on any atom is -0.311 e. The Hall–Kier alpha value is -2.92. The van der Waals surface area contributed by atoms with Crippen LogP contribution >= 0.6 is 11.8 Å². The number of hydrogen-bond donors (Lipinski definition) is 0. The number of alkyl halides is 2. The number of aryl methyl sites for hydroxylation is 2. The number of carbonyl (C=O) groups excluding carboxylic acids is 1. The molecule has 8 heteroatoms. The summed E-state index contributed by atoms with van der Waals surface area (Å²) in [7, 11) is 0. The van der Waals surface area contributed by atoms with Crippen molar-refractivity contribution >= 4 is 34.4 Å². The first-order chi connectivity index (χ1) is 13.9. The molecule has 0 aliphatic heterocycles. The maximum Gasteiger partial charge on any atom is 0.321 e. The van der Waals surface area contributed by atoms with Gasteiger partial charge in [0.05, 0.1) is 29.3 Å². The lowest BCUT2D eigenvalue weighted by Crippen LogP contribution is -2.33. The van der Waals surface area contributed by atoms with Crippen LogP contribution in [-0.4, -0.2) is 27.8 Å². The first kappa shape index (κ1) is 20.8. The van der Waals surface area contributed by atoms with Crippen molar-refractivity contribution in [2.45, 2.75) is 32.0 Å². The number of benzene rings is 2. The van der Waals surface area contributed by atoms with Crippen LogP contribution < -0.4 is 4.90 Å². The van der Waals surface area contributed by atoms with Gasteiger partial charge in [0.15, 0.2) is 5.16 Å². The van der Waals surface area contributed by atoms with Gasteiger partial charge in [0.1, 0.15) is 0 Å². The standard InChI is InChI=1S/C21H20F2N4OS/c1-14-8-9-16(12-15(14)2)26(11-5-10-24)19(28)13-29-21-25-17-6-3-4-7-18(17)27(21)20(22)23/h3-4,6-9,12,20H,5,11,13H2,1-2H3. The van der Waals surface area contributed by atoms with Crippen LogP contribution in [0.4, 0.5) is 14.5 Å². The summed E-state index contributed by atoms with van der Waals surface area (Å²) in [5.41, 5.74) is 3.60. The summed E-state index contributed by atoms with van der Waals surface area (Å²) < 4.78 is 28.0. The van der Waals surface area contributed by atoms with Gasteiger partial charge in [-0.3, -0.25) is 9.36 Å². The van der Waals surface area contributed by atoms with Gasteiger partial charge in [0.2, 0.25) is 5.91 Å². The third-order valence-corrected chi connectivity index (χ3v) is 5.57. The Morgan fingerprint density at radius 1 is 1.24 bits per heavy atom. The number of amides is 1. The van der Waals surface area contributed by atoms with Gasteiger partial charge in [-0.25, -0.2) is 4.98 Å². The summed E-state index contributed by atoms with van der Waals surface area (Å²) in [5.74, 6) is -0.324. The summed E-state index contributed by atoms with van der Waals surface area (Å²) in [5, 5.41) is 9.03. The molecule has 5 nitrogen and oxygen atoms in total. The van der Waals surface area contributed by atoms with E-state index in [9.17, 15) is 13.6 Å². The van der Waals surface area contributed by atoms with Crippen LogP contribution in [0, 0.1) is 25.2 Å². The number of nitrogens with zero attached hydrogens (tertiary/aromatic N) is 4. The van der Waals surface area contributed by atoms with E-state index in [1.54, 1.807) is 24.3 Å². The molecular formula is C21H20F2N4OS. The molecule has 0 aliphatic carbocycles. The van der Waals surface area contributed by atoms with Gasteiger partial charge in [-0.1, -0.05) is 30.0 Å². The van der Waals surface area contributed by atoms with Crippen molar-refractivity contribution in [3.05, 3.63) is 53.6 Å². The Bertz CT molecular complexity index is 1070. The van der Waals surface area contributed by atoms with Gasteiger partial charge in [0, 0.05) is 12.2 Å². The molecular weight excluding hydrogens is 394 g/mol. The third kappa shape index (κ3) is 4.57. The number of carbonyl (C=O) groups is 1. The Morgan fingerprint density at radius 2 is 2.00 bits per heavy atom. The summed E-state index contributed by atoms with van der Waals surface area (Å²) in [6, 6.07) is 14.3. The highest BCUT2D eigenvalue weighted by atomic mass is 32.2. The number of thioether (sulfide) groups is 1. The number of imidazole rings is 1. The van der Waals surface area contributed by atoms with Gasteiger partial charge in [-0.05, 0) is 49.2 Å². The lowest BCUT2D eigenvalue weighted by Gasteiger charge is -2.22. The second-order valence-corrected chi connectivity index (χ2v) is 7.48. The SMILES string of the molecule is Cc1ccc(N(CCC#N)C(=O)CSc2nc3ccccc3n2C(F)F)cc1C. The van der Waals surface area contributed by atoms with E-state index in [0.29, 0.717) is 16.7 Å². The second kappa shape index (κ2) is 9.05. The van der Waals surface area contributed by atoms with Crippen LogP contribution in [0.2, 0.25) is 0 Å². The average molecular weight is 414 g/mol. The van der Waals surface area contributed by atoms with Crippen molar-refractivity contribution in [1.82, 2.24) is 9.55 Å². The van der Waals surface area contributed by atoms with Crippen molar-refractivity contribution in [3.8, 4) is 6.07 Å². The normalized spacial score (nSPS) is 11.0. The molecule has 0 unspecified atom stereocenters. The molecule has 1 amide bonds.